The molecule has 108 valence electrons. The number of para-hydroxylation sites is 2. The predicted octanol–water partition coefficient (Wildman–Crippen LogP) is 4.93. The van der Waals surface area contributed by atoms with Gasteiger partial charge < -0.3 is 5.32 Å². The number of halogens is 2. The first-order chi connectivity index (χ1) is 10.7. The first-order valence-corrected chi connectivity index (χ1v) is 7.40. The van der Waals surface area contributed by atoms with Crippen molar-refractivity contribution in [3.05, 3.63) is 65.0 Å². The maximum atomic E-state index is 6.05. The number of hydrogen-bond donors (Lipinski definition) is 1. The van der Waals surface area contributed by atoms with Gasteiger partial charge in [-0.1, -0.05) is 35.3 Å². The Kier molecular flexibility index (Phi) is 3.13. The Morgan fingerprint density at radius 2 is 1.73 bits per heavy atom. The molecule has 2 aromatic heterocycles. The molecule has 4 rings (SSSR count). The minimum absolute atomic E-state index is 0.570. The molecule has 0 unspecified atom stereocenters. The topological polar surface area (TPSA) is 42.2 Å². The fourth-order valence-corrected chi connectivity index (χ4v) is 2.98. The lowest BCUT2D eigenvalue weighted by Gasteiger charge is -2.10. The molecule has 0 atom stereocenters. The molecule has 0 aliphatic heterocycles. The summed E-state index contributed by atoms with van der Waals surface area (Å²) in [6.45, 7) is 0. The maximum absolute atomic E-state index is 6.05. The molecule has 0 amide bonds. The fourth-order valence-electron chi connectivity index (χ4n) is 2.46. The van der Waals surface area contributed by atoms with E-state index < -0.39 is 0 Å². The van der Waals surface area contributed by atoms with Gasteiger partial charge in [-0.25, -0.2) is 9.97 Å². The van der Waals surface area contributed by atoms with E-state index in [1.54, 1.807) is 30.7 Å². The lowest BCUT2D eigenvalue weighted by atomic mass is 10.3. The van der Waals surface area contributed by atoms with Crippen LogP contribution >= 0.6 is 23.2 Å². The van der Waals surface area contributed by atoms with Crippen LogP contribution in [0.15, 0.2) is 55.0 Å². The Balaban J connectivity index is 1.91. The van der Waals surface area contributed by atoms with Crippen LogP contribution < -0.4 is 5.32 Å². The van der Waals surface area contributed by atoms with Crippen molar-refractivity contribution in [1.82, 2.24) is 14.4 Å². The molecule has 0 fully saturated rings. The van der Waals surface area contributed by atoms with Crippen LogP contribution in [0.25, 0.3) is 16.6 Å². The molecule has 6 heteroatoms. The summed E-state index contributed by atoms with van der Waals surface area (Å²) < 4.78 is 2.00. The Morgan fingerprint density at radius 1 is 0.955 bits per heavy atom. The van der Waals surface area contributed by atoms with Crippen molar-refractivity contribution in [1.29, 1.82) is 0 Å². The summed E-state index contributed by atoms with van der Waals surface area (Å²) in [4.78, 5) is 8.89. The normalized spacial score (nSPS) is 11.2. The van der Waals surface area contributed by atoms with Gasteiger partial charge in [0.05, 0.1) is 23.6 Å². The molecule has 4 aromatic rings. The van der Waals surface area contributed by atoms with E-state index in [0.29, 0.717) is 15.9 Å². The second-order valence-electron chi connectivity index (χ2n) is 4.88. The molecule has 2 heterocycles. The van der Waals surface area contributed by atoms with Gasteiger partial charge in [-0.05, 0) is 30.3 Å². The minimum Gasteiger partial charge on any atom is -0.338 e. The Bertz CT molecular complexity index is 974. The van der Waals surface area contributed by atoms with Gasteiger partial charge in [0.25, 0.3) is 0 Å². The van der Waals surface area contributed by atoms with E-state index in [9.17, 15) is 0 Å². The summed E-state index contributed by atoms with van der Waals surface area (Å²) >= 11 is 12.1. The predicted molar refractivity (Wildman–Crippen MR) is 90.2 cm³/mol. The molecule has 0 saturated carbocycles. The molecular formula is C16H10Cl2N4. The lowest BCUT2D eigenvalue weighted by Crippen LogP contribution is -1.99. The van der Waals surface area contributed by atoms with Gasteiger partial charge >= 0.3 is 0 Å². The first-order valence-electron chi connectivity index (χ1n) is 6.65. The molecule has 22 heavy (non-hydrogen) atoms. The van der Waals surface area contributed by atoms with Crippen LogP contribution in [0, 0.1) is 0 Å². The van der Waals surface area contributed by atoms with Crippen molar-refractivity contribution in [2.24, 2.45) is 0 Å². The van der Waals surface area contributed by atoms with E-state index in [1.165, 1.54) is 0 Å². The van der Waals surface area contributed by atoms with Gasteiger partial charge in [0.15, 0.2) is 5.82 Å². The molecule has 0 aliphatic carbocycles. The summed E-state index contributed by atoms with van der Waals surface area (Å²) in [5, 5.41) is 4.41. The van der Waals surface area contributed by atoms with E-state index in [-0.39, 0.29) is 0 Å². The van der Waals surface area contributed by atoms with Crippen molar-refractivity contribution in [3.8, 4) is 0 Å². The van der Waals surface area contributed by atoms with Gasteiger partial charge in [-0.3, -0.25) is 4.40 Å². The SMILES string of the molecule is Clc1cc(Cl)cc(Nc2nc3ccccc3n3cncc23)c1. The molecular weight excluding hydrogens is 319 g/mol. The quantitative estimate of drug-likeness (QED) is 0.567. The number of imidazole rings is 1. The first kappa shape index (κ1) is 13.4. The van der Waals surface area contributed by atoms with Crippen LogP contribution in [0.1, 0.15) is 0 Å². The van der Waals surface area contributed by atoms with Crippen molar-refractivity contribution in [2.45, 2.75) is 0 Å². The largest absolute Gasteiger partial charge is 0.338 e. The number of fused-ring (bicyclic) bond motifs is 3. The van der Waals surface area contributed by atoms with E-state index in [0.717, 1.165) is 22.2 Å². The molecule has 4 nitrogen and oxygen atoms in total. The van der Waals surface area contributed by atoms with Gasteiger partial charge in [0, 0.05) is 15.7 Å². The highest BCUT2D eigenvalue weighted by Gasteiger charge is 2.09. The molecule has 0 radical (unpaired) electrons. The van der Waals surface area contributed by atoms with E-state index >= 15 is 0 Å². The van der Waals surface area contributed by atoms with E-state index in [4.69, 9.17) is 23.2 Å². The van der Waals surface area contributed by atoms with Crippen LogP contribution in [0.4, 0.5) is 11.5 Å². The Morgan fingerprint density at radius 3 is 2.55 bits per heavy atom. The van der Waals surface area contributed by atoms with E-state index in [1.807, 2.05) is 28.7 Å². The third-order valence-corrected chi connectivity index (χ3v) is 3.82. The van der Waals surface area contributed by atoms with Crippen LogP contribution in [0.2, 0.25) is 10.0 Å². The number of hydrogen-bond acceptors (Lipinski definition) is 3. The van der Waals surface area contributed by atoms with Crippen LogP contribution in [0.5, 0.6) is 0 Å². The zero-order valence-corrected chi connectivity index (χ0v) is 12.8. The monoisotopic (exact) mass is 328 g/mol. The summed E-state index contributed by atoms with van der Waals surface area (Å²) in [6, 6.07) is 13.2. The number of nitrogens with zero attached hydrogens (tertiary/aromatic N) is 3. The summed E-state index contributed by atoms with van der Waals surface area (Å²) in [5.74, 6) is 0.703. The average Bonchev–Trinajstić information content (AvgIpc) is 2.96. The van der Waals surface area contributed by atoms with Gasteiger partial charge in [0.1, 0.15) is 5.52 Å². The number of rotatable bonds is 2. The highest BCUT2D eigenvalue weighted by atomic mass is 35.5. The van der Waals surface area contributed by atoms with Gasteiger partial charge in [-0.2, -0.15) is 0 Å². The summed E-state index contributed by atoms with van der Waals surface area (Å²) in [5.41, 5.74) is 3.55. The van der Waals surface area contributed by atoms with Gasteiger partial charge in [0.2, 0.25) is 0 Å². The zero-order chi connectivity index (χ0) is 15.1. The van der Waals surface area contributed by atoms with E-state index in [2.05, 4.69) is 15.3 Å². The third kappa shape index (κ3) is 2.26. The van der Waals surface area contributed by atoms with Crippen molar-refractivity contribution in [2.75, 3.05) is 5.32 Å². The molecule has 1 N–H and O–H groups in total. The fraction of sp³-hybridized carbons (Fsp3) is 0. The average molecular weight is 329 g/mol. The molecule has 0 saturated heterocycles. The maximum Gasteiger partial charge on any atom is 0.157 e. The second-order valence-corrected chi connectivity index (χ2v) is 5.75. The Labute approximate surface area is 136 Å². The van der Waals surface area contributed by atoms with Crippen LogP contribution in [-0.2, 0) is 0 Å². The lowest BCUT2D eigenvalue weighted by molar-refractivity contribution is 1.19. The number of anilines is 2. The molecule has 0 spiro atoms. The Hall–Kier alpha value is -2.30. The summed E-state index contributed by atoms with van der Waals surface area (Å²) in [7, 11) is 0. The molecule has 0 aliphatic rings. The minimum atomic E-state index is 0.570. The standard InChI is InChI=1S/C16H10Cl2N4/c17-10-5-11(18)7-12(6-10)20-16-15-8-19-9-22(15)14-4-2-1-3-13(14)21-16/h1-9H,(H,20,21). The highest BCUT2D eigenvalue weighted by Crippen LogP contribution is 2.28. The molecule has 2 aromatic carbocycles. The van der Waals surface area contributed by atoms with Gasteiger partial charge in [-0.15, -0.1) is 0 Å². The third-order valence-electron chi connectivity index (χ3n) is 3.38. The summed E-state index contributed by atoms with van der Waals surface area (Å²) in [6.07, 6.45) is 3.55. The highest BCUT2D eigenvalue weighted by molar-refractivity contribution is 6.35. The number of nitrogens with one attached hydrogen (secondary N) is 1. The number of benzene rings is 2. The molecule has 0 bridgehead atoms. The number of aromatic nitrogens is 3. The zero-order valence-electron chi connectivity index (χ0n) is 11.3. The van der Waals surface area contributed by atoms with Crippen molar-refractivity contribution >= 4 is 51.3 Å². The van der Waals surface area contributed by atoms with Crippen LogP contribution in [0.3, 0.4) is 0 Å². The van der Waals surface area contributed by atoms with Crippen molar-refractivity contribution in [3.63, 3.8) is 0 Å². The van der Waals surface area contributed by atoms with Crippen molar-refractivity contribution < 1.29 is 0 Å². The second kappa shape index (κ2) is 5.16. The smallest absolute Gasteiger partial charge is 0.157 e. The van der Waals surface area contributed by atoms with Crippen LogP contribution in [-0.4, -0.2) is 14.4 Å².